The van der Waals surface area contributed by atoms with Crippen molar-refractivity contribution in [1.29, 1.82) is 0 Å². The fourth-order valence-corrected chi connectivity index (χ4v) is 1.99. The topological polar surface area (TPSA) is 38.0 Å². The summed E-state index contributed by atoms with van der Waals surface area (Å²) < 4.78 is 48.8. The standard InChI is InChI=1S/C10H18F4N2/c11-8(12)10(13,14)7-16-6-9(15)4-2-1-3-5-9/h8,16H,1-7,15H2. The first-order valence-electron chi connectivity index (χ1n) is 5.51. The second-order valence-corrected chi connectivity index (χ2v) is 4.59. The molecule has 0 atom stereocenters. The smallest absolute Gasteiger partial charge is 0.319 e. The molecule has 16 heavy (non-hydrogen) atoms. The lowest BCUT2D eigenvalue weighted by molar-refractivity contribution is -0.125. The zero-order chi connectivity index (χ0) is 12.2. The Hall–Kier alpha value is -0.360. The molecule has 3 N–H and O–H groups in total. The third-order valence-electron chi connectivity index (χ3n) is 3.01. The Balaban J connectivity index is 2.29. The van der Waals surface area contributed by atoms with Gasteiger partial charge in [-0.15, -0.1) is 0 Å². The Bertz CT molecular complexity index is 215. The molecule has 0 aromatic rings. The molecule has 1 aliphatic carbocycles. The van der Waals surface area contributed by atoms with Crippen molar-refractivity contribution in [3.05, 3.63) is 0 Å². The van der Waals surface area contributed by atoms with E-state index in [1.165, 1.54) is 0 Å². The van der Waals surface area contributed by atoms with Gasteiger partial charge in [0.25, 0.3) is 0 Å². The van der Waals surface area contributed by atoms with Gasteiger partial charge in [-0.05, 0) is 12.8 Å². The van der Waals surface area contributed by atoms with Gasteiger partial charge in [-0.2, -0.15) is 8.78 Å². The highest BCUT2D eigenvalue weighted by Gasteiger charge is 2.40. The van der Waals surface area contributed by atoms with Crippen LogP contribution in [0.4, 0.5) is 17.6 Å². The highest BCUT2D eigenvalue weighted by molar-refractivity contribution is 4.90. The van der Waals surface area contributed by atoms with E-state index in [1.54, 1.807) is 0 Å². The van der Waals surface area contributed by atoms with E-state index in [0.29, 0.717) is 0 Å². The minimum absolute atomic E-state index is 0.176. The average molecular weight is 242 g/mol. The van der Waals surface area contributed by atoms with E-state index < -0.39 is 24.4 Å². The number of hydrogen-bond acceptors (Lipinski definition) is 2. The molecule has 2 nitrogen and oxygen atoms in total. The van der Waals surface area contributed by atoms with Crippen LogP contribution >= 0.6 is 0 Å². The van der Waals surface area contributed by atoms with Gasteiger partial charge < -0.3 is 11.1 Å². The number of nitrogens with one attached hydrogen (secondary N) is 1. The van der Waals surface area contributed by atoms with E-state index in [-0.39, 0.29) is 6.54 Å². The normalized spacial score (nSPS) is 21.4. The third-order valence-corrected chi connectivity index (χ3v) is 3.01. The first-order chi connectivity index (χ1) is 7.36. The van der Waals surface area contributed by atoms with Crippen LogP contribution in [0.2, 0.25) is 0 Å². The van der Waals surface area contributed by atoms with Crippen molar-refractivity contribution in [1.82, 2.24) is 5.32 Å². The van der Waals surface area contributed by atoms with Gasteiger partial charge in [0.05, 0.1) is 6.54 Å². The summed E-state index contributed by atoms with van der Waals surface area (Å²) in [7, 11) is 0. The summed E-state index contributed by atoms with van der Waals surface area (Å²) in [5, 5.41) is 2.36. The molecule has 1 aliphatic rings. The van der Waals surface area contributed by atoms with E-state index >= 15 is 0 Å². The molecule has 1 fully saturated rings. The predicted molar refractivity (Wildman–Crippen MR) is 53.8 cm³/mol. The van der Waals surface area contributed by atoms with Gasteiger partial charge in [-0.3, -0.25) is 0 Å². The van der Waals surface area contributed by atoms with Crippen LogP contribution in [0.15, 0.2) is 0 Å². The molecule has 0 saturated heterocycles. The van der Waals surface area contributed by atoms with Gasteiger partial charge in [0, 0.05) is 12.1 Å². The van der Waals surface area contributed by atoms with Crippen molar-refractivity contribution in [2.24, 2.45) is 5.73 Å². The van der Waals surface area contributed by atoms with Gasteiger partial charge in [0.15, 0.2) is 0 Å². The van der Waals surface area contributed by atoms with Crippen LogP contribution in [0.25, 0.3) is 0 Å². The molecule has 0 aromatic carbocycles. The number of halogens is 4. The Labute approximate surface area is 92.6 Å². The average Bonchev–Trinajstić information content (AvgIpc) is 2.17. The van der Waals surface area contributed by atoms with Crippen molar-refractivity contribution >= 4 is 0 Å². The minimum atomic E-state index is -3.97. The van der Waals surface area contributed by atoms with Crippen molar-refractivity contribution in [3.8, 4) is 0 Å². The van der Waals surface area contributed by atoms with Gasteiger partial charge in [0.2, 0.25) is 0 Å². The van der Waals surface area contributed by atoms with E-state index in [2.05, 4.69) is 5.32 Å². The summed E-state index contributed by atoms with van der Waals surface area (Å²) in [6, 6.07) is 0. The Morgan fingerprint density at radius 2 is 1.75 bits per heavy atom. The molecule has 0 amide bonds. The van der Waals surface area contributed by atoms with Crippen LogP contribution in [0, 0.1) is 0 Å². The van der Waals surface area contributed by atoms with E-state index in [0.717, 1.165) is 32.1 Å². The lowest BCUT2D eigenvalue weighted by atomic mass is 9.82. The Morgan fingerprint density at radius 1 is 1.19 bits per heavy atom. The zero-order valence-corrected chi connectivity index (χ0v) is 9.12. The first-order valence-corrected chi connectivity index (χ1v) is 5.51. The van der Waals surface area contributed by atoms with Crippen LogP contribution in [0.5, 0.6) is 0 Å². The van der Waals surface area contributed by atoms with Gasteiger partial charge >= 0.3 is 12.3 Å². The Morgan fingerprint density at radius 3 is 2.25 bits per heavy atom. The van der Waals surface area contributed by atoms with Crippen molar-refractivity contribution in [3.63, 3.8) is 0 Å². The fourth-order valence-electron chi connectivity index (χ4n) is 1.99. The molecule has 6 heteroatoms. The monoisotopic (exact) mass is 242 g/mol. The highest BCUT2D eigenvalue weighted by atomic mass is 19.3. The summed E-state index contributed by atoms with van der Waals surface area (Å²) in [5.74, 6) is -3.97. The molecule has 0 unspecified atom stereocenters. The molecule has 0 aliphatic heterocycles. The maximum atomic E-state index is 12.6. The van der Waals surface area contributed by atoms with Gasteiger partial charge in [-0.1, -0.05) is 19.3 Å². The number of nitrogens with two attached hydrogens (primary N) is 1. The quantitative estimate of drug-likeness (QED) is 0.725. The third kappa shape index (κ3) is 3.90. The largest absolute Gasteiger partial charge is 0.324 e. The minimum Gasteiger partial charge on any atom is -0.324 e. The SMILES string of the molecule is NC1(CNCC(F)(F)C(F)F)CCCCC1. The molecular weight excluding hydrogens is 224 g/mol. The van der Waals surface area contributed by atoms with Crippen LogP contribution in [-0.2, 0) is 0 Å². The van der Waals surface area contributed by atoms with Gasteiger partial charge in [0.1, 0.15) is 0 Å². The molecule has 0 heterocycles. The van der Waals surface area contributed by atoms with Crippen molar-refractivity contribution in [2.75, 3.05) is 13.1 Å². The summed E-state index contributed by atoms with van der Waals surface area (Å²) in [6.07, 6.45) is 0.958. The van der Waals surface area contributed by atoms with E-state index in [1.807, 2.05) is 0 Å². The molecular formula is C10H18F4N2. The van der Waals surface area contributed by atoms with Crippen LogP contribution < -0.4 is 11.1 Å². The number of alkyl halides is 4. The molecule has 0 bridgehead atoms. The fraction of sp³-hybridized carbons (Fsp3) is 1.00. The van der Waals surface area contributed by atoms with Gasteiger partial charge in [-0.25, -0.2) is 8.78 Å². The lowest BCUT2D eigenvalue weighted by Crippen LogP contribution is -2.52. The molecule has 0 spiro atoms. The van der Waals surface area contributed by atoms with E-state index in [4.69, 9.17) is 5.73 Å². The second kappa shape index (κ2) is 5.31. The predicted octanol–water partition coefficient (Wildman–Crippen LogP) is 2.14. The molecule has 1 saturated carbocycles. The zero-order valence-electron chi connectivity index (χ0n) is 9.12. The molecule has 1 rings (SSSR count). The summed E-state index contributed by atoms with van der Waals surface area (Å²) in [4.78, 5) is 0. The Kier molecular flexibility index (Phi) is 4.55. The number of rotatable bonds is 5. The second-order valence-electron chi connectivity index (χ2n) is 4.59. The van der Waals surface area contributed by atoms with Crippen molar-refractivity contribution in [2.45, 2.75) is 50.0 Å². The first kappa shape index (κ1) is 13.7. The molecule has 0 aromatic heterocycles. The lowest BCUT2D eigenvalue weighted by Gasteiger charge is -2.34. The summed E-state index contributed by atoms with van der Waals surface area (Å²) in [6.45, 7) is -0.834. The molecule has 96 valence electrons. The van der Waals surface area contributed by atoms with Crippen LogP contribution in [0.3, 0.4) is 0 Å². The highest BCUT2D eigenvalue weighted by Crippen LogP contribution is 2.26. The summed E-state index contributed by atoms with van der Waals surface area (Å²) in [5.41, 5.74) is 5.47. The molecule has 0 radical (unpaired) electrons. The van der Waals surface area contributed by atoms with Crippen LogP contribution in [0.1, 0.15) is 32.1 Å². The van der Waals surface area contributed by atoms with Crippen molar-refractivity contribution < 1.29 is 17.6 Å². The summed E-state index contributed by atoms with van der Waals surface area (Å²) >= 11 is 0. The number of hydrogen-bond donors (Lipinski definition) is 2. The maximum Gasteiger partial charge on any atom is 0.319 e. The van der Waals surface area contributed by atoms with E-state index in [9.17, 15) is 17.6 Å². The maximum absolute atomic E-state index is 12.6. The van der Waals surface area contributed by atoms with Crippen LogP contribution in [-0.4, -0.2) is 31.0 Å².